The standard InChI is InChI=1S/C26H43N2O5PS/c1-3-4-5-6-7-8-9-10-11-12-13-14-15-16-19-31-34(35)32-21-23-17-18-24(33-23)28-20-22(2)25(29)27-26(28)30/h17-18,20,23-24H,3-16,19,21H2,1-2H3/p+1/t23-,24+/m0/s1. The number of hydrogen-bond acceptors (Lipinski definition) is 6. The molecule has 0 saturated carbocycles. The van der Waals surface area contributed by atoms with E-state index in [-0.39, 0.29) is 18.3 Å². The van der Waals surface area contributed by atoms with Gasteiger partial charge >= 0.3 is 12.8 Å². The summed E-state index contributed by atoms with van der Waals surface area (Å²) in [5.74, 6) is 0. The number of aromatic nitrogens is 2. The van der Waals surface area contributed by atoms with Gasteiger partial charge in [0.15, 0.2) is 6.23 Å². The molecule has 1 N–H and O–H groups in total. The Morgan fingerprint density at radius 2 is 1.49 bits per heavy atom. The van der Waals surface area contributed by atoms with Crippen molar-refractivity contribution in [2.45, 2.75) is 116 Å². The molecule has 0 saturated heterocycles. The summed E-state index contributed by atoms with van der Waals surface area (Å²) in [6.45, 7) is 4.82. The molecule has 198 valence electrons. The van der Waals surface area contributed by atoms with Gasteiger partial charge in [-0.3, -0.25) is 14.3 Å². The summed E-state index contributed by atoms with van der Waals surface area (Å²) in [5.41, 5.74) is -0.438. The van der Waals surface area contributed by atoms with Crippen LogP contribution in [0.2, 0.25) is 0 Å². The van der Waals surface area contributed by atoms with Crippen LogP contribution in [0, 0.1) is 6.92 Å². The fourth-order valence-corrected chi connectivity index (χ4v) is 5.15. The number of nitrogens with zero attached hydrogens (tertiary/aromatic N) is 1. The molecule has 1 aromatic rings. The van der Waals surface area contributed by atoms with Crippen molar-refractivity contribution in [2.75, 3.05) is 13.2 Å². The second-order valence-corrected chi connectivity index (χ2v) is 11.2. The minimum Gasteiger partial charge on any atom is -0.344 e. The Balaban J connectivity index is 1.42. The molecule has 0 amide bonds. The van der Waals surface area contributed by atoms with E-state index in [9.17, 15) is 9.59 Å². The van der Waals surface area contributed by atoms with E-state index in [2.05, 4.69) is 11.9 Å². The van der Waals surface area contributed by atoms with Crippen molar-refractivity contribution in [1.29, 1.82) is 0 Å². The number of ether oxygens (including phenoxy) is 1. The van der Waals surface area contributed by atoms with Crippen LogP contribution in [0.3, 0.4) is 0 Å². The highest BCUT2D eigenvalue weighted by Crippen LogP contribution is 2.28. The third-order valence-corrected chi connectivity index (χ3v) is 7.65. The van der Waals surface area contributed by atoms with Crippen LogP contribution in [0.25, 0.3) is 0 Å². The lowest BCUT2D eigenvalue weighted by Crippen LogP contribution is -2.33. The van der Waals surface area contributed by atoms with Crippen molar-refractivity contribution in [2.24, 2.45) is 0 Å². The number of rotatable bonds is 20. The Kier molecular flexibility index (Phi) is 15.6. The Morgan fingerprint density at radius 3 is 2.09 bits per heavy atom. The molecule has 2 rings (SSSR count). The van der Waals surface area contributed by atoms with Crippen molar-refractivity contribution in [1.82, 2.24) is 9.55 Å². The first kappa shape index (κ1) is 30.0. The number of unbranched alkanes of at least 4 members (excludes halogenated alkanes) is 13. The molecule has 0 aliphatic carbocycles. The van der Waals surface area contributed by atoms with E-state index >= 15 is 0 Å². The quantitative estimate of drug-likeness (QED) is 0.117. The summed E-state index contributed by atoms with van der Waals surface area (Å²) in [6, 6.07) is 0. The smallest absolute Gasteiger partial charge is 0.344 e. The molecule has 0 aromatic carbocycles. The molecule has 1 aromatic heterocycles. The van der Waals surface area contributed by atoms with Gasteiger partial charge in [0.05, 0.1) is 0 Å². The number of nitrogens with one attached hydrogen (secondary N) is 1. The van der Waals surface area contributed by atoms with E-state index in [1.165, 1.54) is 94.2 Å². The van der Waals surface area contributed by atoms with Gasteiger partial charge in [-0.1, -0.05) is 96.5 Å². The predicted molar refractivity (Wildman–Crippen MR) is 146 cm³/mol. The van der Waals surface area contributed by atoms with Crippen molar-refractivity contribution in [3.63, 3.8) is 0 Å². The highest BCUT2D eigenvalue weighted by molar-refractivity contribution is 8.00. The molecular weight excluding hydrogens is 483 g/mol. The highest BCUT2D eigenvalue weighted by atomic mass is 32.4. The molecule has 1 aliphatic rings. The van der Waals surface area contributed by atoms with Gasteiger partial charge in [-0.05, 0) is 19.4 Å². The van der Waals surface area contributed by atoms with Crippen LogP contribution < -0.4 is 11.2 Å². The summed E-state index contributed by atoms with van der Waals surface area (Å²) < 4.78 is 18.5. The van der Waals surface area contributed by atoms with Gasteiger partial charge in [0.2, 0.25) is 11.8 Å². The van der Waals surface area contributed by atoms with E-state index in [1.54, 1.807) is 13.0 Å². The average Bonchev–Trinajstić information content (AvgIpc) is 3.31. The lowest BCUT2D eigenvalue weighted by Gasteiger charge is -2.15. The molecule has 0 radical (unpaired) electrons. The minimum absolute atomic E-state index is 0.276. The predicted octanol–water partition coefficient (Wildman–Crippen LogP) is 6.59. The van der Waals surface area contributed by atoms with E-state index in [0.29, 0.717) is 12.2 Å². The van der Waals surface area contributed by atoms with Gasteiger partial charge in [0.25, 0.3) is 5.56 Å². The first-order valence-electron chi connectivity index (χ1n) is 13.4. The van der Waals surface area contributed by atoms with Crippen LogP contribution >= 0.6 is 7.15 Å². The maximum absolute atomic E-state index is 12.0. The van der Waals surface area contributed by atoms with Crippen LogP contribution in [-0.4, -0.2) is 28.9 Å². The van der Waals surface area contributed by atoms with Crippen LogP contribution in [0.4, 0.5) is 0 Å². The zero-order chi connectivity index (χ0) is 25.3. The molecule has 2 heterocycles. The Morgan fingerprint density at radius 1 is 0.914 bits per heavy atom. The molecule has 0 bridgehead atoms. The van der Waals surface area contributed by atoms with E-state index < -0.39 is 19.1 Å². The maximum atomic E-state index is 12.0. The highest BCUT2D eigenvalue weighted by Gasteiger charge is 2.25. The Bertz CT molecular complexity index is 885. The summed E-state index contributed by atoms with van der Waals surface area (Å²) in [7, 11) is -1.37. The molecule has 0 spiro atoms. The Labute approximate surface area is 216 Å². The zero-order valence-corrected chi connectivity index (χ0v) is 23.3. The SMILES string of the molecule is CCCCCCCCCCCCCCCCO[P+](=S)OC[C@@H]1C=C[C@H](n2cc(C)c(=O)[nH]c2=O)O1. The maximum Gasteiger partial charge on any atom is 0.521 e. The van der Waals surface area contributed by atoms with Crippen molar-refractivity contribution < 1.29 is 13.8 Å². The van der Waals surface area contributed by atoms with Gasteiger partial charge in [-0.2, -0.15) is 0 Å². The lowest BCUT2D eigenvalue weighted by molar-refractivity contribution is -0.00510. The second kappa shape index (κ2) is 18.1. The van der Waals surface area contributed by atoms with Crippen molar-refractivity contribution in [3.8, 4) is 0 Å². The molecule has 7 nitrogen and oxygen atoms in total. The van der Waals surface area contributed by atoms with Crippen LogP contribution in [0.5, 0.6) is 0 Å². The molecule has 1 unspecified atom stereocenters. The van der Waals surface area contributed by atoms with Gasteiger partial charge in [0.1, 0.15) is 19.3 Å². The largest absolute Gasteiger partial charge is 0.521 e. The van der Waals surface area contributed by atoms with Crippen molar-refractivity contribution >= 4 is 19.0 Å². The van der Waals surface area contributed by atoms with E-state index in [0.717, 1.165) is 6.42 Å². The summed E-state index contributed by atoms with van der Waals surface area (Å²) in [6.07, 6.45) is 22.8. The minimum atomic E-state index is -1.37. The average molecular weight is 528 g/mol. The summed E-state index contributed by atoms with van der Waals surface area (Å²) >= 11 is 5.29. The van der Waals surface area contributed by atoms with E-state index in [4.69, 9.17) is 25.6 Å². The van der Waals surface area contributed by atoms with Gasteiger partial charge in [-0.25, -0.2) is 4.79 Å². The van der Waals surface area contributed by atoms with Gasteiger partial charge in [-0.15, -0.1) is 9.05 Å². The number of aryl methyl sites for hydroxylation is 1. The monoisotopic (exact) mass is 527 g/mol. The summed E-state index contributed by atoms with van der Waals surface area (Å²) in [4.78, 5) is 25.8. The van der Waals surface area contributed by atoms with Gasteiger partial charge in [0, 0.05) is 11.8 Å². The molecule has 35 heavy (non-hydrogen) atoms. The fourth-order valence-electron chi connectivity index (χ4n) is 4.12. The lowest BCUT2D eigenvalue weighted by atomic mass is 10.0. The normalized spacial score (nSPS) is 17.8. The molecular formula is C26H44N2O5PS+. The van der Waals surface area contributed by atoms with Crippen LogP contribution in [0.1, 0.15) is 109 Å². The number of hydrogen-bond donors (Lipinski definition) is 1. The zero-order valence-electron chi connectivity index (χ0n) is 21.5. The first-order valence-corrected chi connectivity index (χ1v) is 15.6. The number of aromatic amines is 1. The number of H-pyrrole nitrogens is 1. The molecule has 0 fully saturated rings. The molecule has 3 atom stereocenters. The topological polar surface area (TPSA) is 82.5 Å². The van der Waals surface area contributed by atoms with Crippen LogP contribution in [-0.2, 0) is 25.6 Å². The van der Waals surface area contributed by atoms with Crippen molar-refractivity contribution in [3.05, 3.63) is 44.8 Å². The van der Waals surface area contributed by atoms with Crippen LogP contribution in [0.15, 0.2) is 27.9 Å². The molecule has 1 aliphatic heterocycles. The second-order valence-electron chi connectivity index (χ2n) is 9.38. The third-order valence-electron chi connectivity index (χ3n) is 6.26. The third kappa shape index (κ3) is 12.6. The Hall–Kier alpha value is -1.18. The van der Waals surface area contributed by atoms with Gasteiger partial charge < -0.3 is 4.74 Å². The molecule has 9 heteroatoms. The summed E-state index contributed by atoms with van der Waals surface area (Å²) in [5, 5.41) is 0. The first-order chi connectivity index (χ1) is 17.0. The van der Waals surface area contributed by atoms with E-state index in [1.807, 2.05) is 6.08 Å². The fraction of sp³-hybridized carbons (Fsp3) is 0.769.